The molecule has 1 aromatic rings. The predicted octanol–water partition coefficient (Wildman–Crippen LogP) is 3.05. The number of rotatable bonds is 4. The minimum Gasteiger partial charge on any atom is -0.444 e. The molecule has 0 radical (unpaired) electrons. The summed E-state index contributed by atoms with van der Waals surface area (Å²) in [5.74, 6) is 0.338. The monoisotopic (exact) mass is 338 g/mol. The Morgan fingerprint density at radius 3 is 2.87 bits per heavy atom. The van der Waals surface area contributed by atoms with Gasteiger partial charge in [-0.15, -0.1) is 11.3 Å². The number of carbonyl (C=O) groups excluding carboxylic acids is 2. The van der Waals surface area contributed by atoms with Gasteiger partial charge in [0, 0.05) is 24.5 Å². The van der Waals surface area contributed by atoms with Crippen molar-refractivity contribution >= 4 is 23.3 Å². The van der Waals surface area contributed by atoms with Crippen molar-refractivity contribution in [1.29, 1.82) is 0 Å². The van der Waals surface area contributed by atoms with E-state index in [2.05, 4.69) is 5.32 Å². The summed E-state index contributed by atoms with van der Waals surface area (Å²) in [6, 6.07) is 3.92. The summed E-state index contributed by atoms with van der Waals surface area (Å²) in [6.07, 6.45) is 2.15. The van der Waals surface area contributed by atoms with Crippen molar-refractivity contribution in [3.8, 4) is 0 Å². The third-order valence-electron chi connectivity index (χ3n) is 3.67. The Hall–Kier alpha value is -1.56. The number of amides is 2. The summed E-state index contributed by atoms with van der Waals surface area (Å²) < 4.78 is 5.42. The zero-order chi connectivity index (χ0) is 16.9. The van der Waals surface area contributed by atoms with E-state index in [1.165, 1.54) is 0 Å². The molecule has 1 fully saturated rings. The van der Waals surface area contributed by atoms with E-state index >= 15 is 0 Å². The first-order valence-corrected chi connectivity index (χ1v) is 8.98. The van der Waals surface area contributed by atoms with Crippen LogP contribution in [0.15, 0.2) is 17.5 Å². The van der Waals surface area contributed by atoms with Crippen LogP contribution < -0.4 is 5.32 Å². The fourth-order valence-corrected chi connectivity index (χ4v) is 3.32. The highest BCUT2D eigenvalue weighted by molar-refractivity contribution is 7.10. The molecule has 2 heterocycles. The highest BCUT2D eigenvalue weighted by Gasteiger charge is 2.27. The fourth-order valence-electron chi connectivity index (χ4n) is 2.62. The average molecular weight is 338 g/mol. The lowest BCUT2D eigenvalue weighted by Crippen LogP contribution is -2.45. The number of nitrogens with one attached hydrogen (secondary N) is 1. The van der Waals surface area contributed by atoms with Crippen molar-refractivity contribution in [2.75, 3.05) is 19.6 Å². The standard InChI is InChI=1S/C17H26N2O3S/c1-17(2,3)22-16(21)19-8-4-6-13(12-19)11-18-15(20)10-14-7-5-9-23-14/h5,7,9,13H,4,6,8,10-12H2,1-3H3,(H,18,20). The van der Waals surface area contributed by atoms with Gasteiger partial charge in [-0.1, -0.05) is 6.07 Å². The Morgan fingerprint density at radius 1 is 1.43 bits per heavy atom. The number of nitrogens with zero attached hydrogens (tertiary/aromatic N) is 1. The van der Waals surface area contributed by atoms with Crippen molar-refractivity contribution in [2.24, 2.45) is 5.92 Å². The van der Waals surface area contributed by atoms with E-state index < -0.39 is 5.60 Å². The van der Waals surface area contributed by atoms with Crippen LogP contribution in [0.25, 0.3) is 0 Å². The van der Waals surface area contributed by atoms with Gasteiger partial charge >= 0.3 is 6.09 Å². The average Bonchev–Trinajstić information content (AvgIpc) is 2.96. The van der Waals surface area contributed by atoms with E-state index in [-0.39, 0.29) is 12.0 Å². The molecule has 1 atom stereocenters. The first-order chi connectivity index (χ1) is 10.8. The Balaban J connectivity index is 1.75. The van der Waals surface area contributed by atoms with Gasteiger partial charge in [0.25, 0.3) is 0 Å². The van der Waals surface area contributed by atoms with Crippen molar-refractivity contribution in [3.63, 3.8) is 0 Å². The number of carbonyl (C=O) groups is 2. The quantitative estimate of drug-likeness (QED) is 0.918. The molecule has 6 heteroatoms. The van der Waals surface area contributed by atoms with Gasteiger partial charge in [-0.05, 0) is 51.0 Å². The number of likely N-dealkylation sites (tertiary alicyclic amines) is 1. The maximum atomic E-state index is 12.1. The van der Waals surface area contributed by atoms with Crippen molar-refractivity contribution in [3.05, 3.63) is 22.4 Å². The summed E-state index contributed by atoms with van der Waals surface area (Å²) in [6.45, 7) is 7.61. The van der Waals surface area contributed by atoms with Gasteiger partial charge in [-0.25, -0.2) is 4.79 Å². The number of thiophene rings is 1. The first-order valence-electron chi connectivity index (χ1n) is 8.10. The molecule has 0 bridgehead atoms. The van der Waals surface area contributed by atoms with E-state index in [0.717, 1.165) is 24.3 Å². The topological polar surface area (TPSA) is 58.6 Å². The molecular weight excluding hydrogens is 312 g/mol. The number of hydrogen-bond donors (Lipinski definition) is 1. The zero-order valence-electron chi connectivity index (χ0n) is 14.1. The van der Waals surface area contributed by atoms with Crippen LogP contribution in [-0.2, 0) is 16.0 Å². The third kappa shape index (κ3) is 6.22. The molecule has 23 heavy (non-hydrogen) atoms. The summed E-state index contributed by atoms with van der Waals surface area (Å²) in [5.41, 5.74) is -0.473. The number of hydrogen-bond acceptors (Lipinski definition) is 4. The minimum atomic E-state index is -0.473. The summed E-state index contributed by atoms with van der Waals surface area (Å²) >= 11 is 1.59. The number of piperidine rings is 1. The lowest BCUT2D eigenvalue weighted by molar-refractivity contribution is -0.120. The van der Waals surface area contributed by atoms with Crippen LogP contribution >= 0.6 is 11.3 Å². The Kier molecular flexibility index (Phi) is 6.04. The second-order valence-electron chi connectivity index (χ2n) is 6.99. The lowest BCUT2D eigenvalue weighted by atomic mass is 9.98. The van der Waals surface area contributed by atoms with Crippen LogP contribution in [0.5, 0.6) is 0 Å². The van der Waals surface area contributed by atoms with Gasteiger partial charge in [-0.2, -0.15) is 0 Å². The summed E-state index contributed by atoms with van der Waals surface area (Å²) in [7, 11) is 0. The highest BCUT2D eigenvalue weighted by Crippen LogP contribution is 2.19. The molecule has 0 aliphatic carbocycles. The van der Waals surface area contributed by atoms with Crippen LogP contribution in [0.3, 0.4) is 0 Å². The van der Waals surface area contributed by atoms with Gasteiger partial charge in [0.2, 0.25) is 5.91 Å². The van der Waals surface area contributed by atoms with Gasteiger partial charge in [0.05, 0.1) is 6.42 Å². The molecule has 1 aromatic heterocycles. The normalized spacial score (nSPS) is 18.6. The van der Waals surface area contributed by atoms with E-state index in [1.54, 1.807) is 16.2 Å². The first kappa shape index (κ1) is 17.8. The molecule has 128 valence electrons. The largest absolute Gasteiger partial charge is 0.444 e. The zero-order valence-corrected chi connectivity index (χ0v) is 14.9. The van der Waals surface area contributed by atoms with E-state index in [1.807, 2.05) is 38.3 Å². The van der Waals surface area contributed by atoms with Crippen molar-refractivity contribution < 1.29 is 14.3 Å². The molecule has 1 unspecified atom stereocenters. The number of ether oxygens (including phenoxy) is 1. The van der Waals surface area contributed by atoms with Crippen molar-refractivity contribution in [2.45, 2.75) is 45.6 Å². The van der Waals surface area contributed by atoms with Gasteiger partial charge < -0.3 is 15.0 Å². The summed E-state index contributed by atoms with van der Waals surface area (Å²) in [4.78, 5) is 26.9. The Labute approximate surface area is 142 Å². The molecule has 1 aliphatic rings. The maximum absolute atomic E-state index is 12.1. The second-order valence-corrected chi connectivity index (χ2v) is 8.03. The Bertz CT molecular complexity index is 522. The van der Waals surface area contributed by atoms with Crippen LogP contribution in [0.1, 0.15) is 38.5 Å². The van der Waals surface area contributed by atoms with Gasteiger partial charge in [0.1, 0.15) is 5.60 Å². The third-order valence-corrected chi connectivity index (χ3v) is 4.55. The molecule has 0 spiro atoms. The predicted molar refractivity (Wildman–Crippen MR) is 91.6 cm³/mol. The molecular formula is C17H26N2O3S. The lowest BCUT2D eigenvalue weighted by Gasteiger charge is -2.34. The molecule has 1 aliphatic heterocycles. The molecule has 0 saturated carbocycles. The molecule has 1 saturated heterocycles. The van der Waals surface area contributed by atoms with Crippen LogP contribution in [0, 0.1) is 5.92 Å². The van der Waals surface area contributed by atoms with E-state index in [4.69, 9.17) is 4.74 Å². The molecule has 0 aromatic carbocycles. The smallest absolute Gasteiger partial charge is 0.410 e. The fraction of sp³-hybridized carbons (Fsp3) is 0.647. The van der Waals surface area contributed by atoms with E-state index in [9.17, 15) is 9.59 Å². The highest BCUT2D eigenvalue weighted by atomic mass is 32.1. The second kappa shape index (κ2) is 7.81. The summed E-state index contributed by atoms with van der Waals surface area (Å²) in [5, 5.41) is 4.96. The molecule has 1 N–H and O–H groups in total. The van der Waals surface area contributed by atoms with Crippen LogP contribution in [0.4, 0.5) is 4.79 Å². The van der Waals surface area contributed by atoms with Gasteiger partial charge in [-0.3, -0.25) is 4.79 Å². The van der Waals surface area contributed by atoms with Gasteiger partial charge in [0.15, 0.2) is 0 Å². The van der Waals surface area contributed by atoms with Crippen LogP contribution in [-0.4, -0.2) is 42.1 Å². The minimum absolute atomic E-state index is 0.0434. The molecule has 5 nitrogen and oxygen atoms in total. The van der Waals surface area contributed by atoms with Crippen molar-refractivity contribution in [1.82, 2.24) is 10.2 Å². The molecule has 2 amide bonds. The molecule has 2 rings (SSSR count). The maximum Gasteiger partial charge on any atom is 0.410 e. The van der Waals surface area contributed by atoms with E-state index in [0.29, 0.717) is 25.4 Å². The SMILES string of the molecule is CC(C)(C)OC(=O)N1CCCC(CNC(=O)Cc2cccs2)C1. The Morgan fingerprint density at radius 2 is 2.22 bits per heavy atom. The van der Waals surface area contributed by atoms with Crippen LogP contribution in [0.2, 0.25) is 0 Å².